The summed E-state index contributed by atoms with van der Waals surface area (Å²) in [4.78, 5) is 24.5. The van der Waals surface area contributed by atoms with Crippen LogP contribution in [0.2, 0.25) is 0 Å². The quantitative estimate of drug-likeness (QED) is 0.871. The van der Waals surface area contributed by atoms with Crippen LogP contribution in [0.4, 0.5) is 10.3 Å². The minimum atomic E-state index is -0.964. The van der Waals surface area contributed by atoms with E-state index in [-0.39, 0.29) is 4.88 Å². The summed E-state index contributed by atoms with van der Waals surface area (Å²) in [7, 11) is 4.16. The topological polar surface area (TPSA) is 45.7 Å². The van der Waals surface area contributed by atoms with Crippen molar-refractivity contribution < 1.29 is 14.3 Å². The third-order valence-corrected chi connectivity index (χ3v) is 4.88. The first kappa shape index (κ1) is 14.2. The summed E-state index contributed by atoms with van der Waals surface area (Å²) in [5.41, 5.74) is 0. The van der Waals surface area contributed by atoms with E-state index < -0.39 is 5.97 Å². The van der Waals surface area contributed by atoms with Crippen LogP contribution in [0.5, 0.6) is 0 Å². The van der Waals surface area contributed by atoms with E-state index in [2.05, 4.69) is 33.8 Å². The van der Waals surface area contributed by atoms with Crippen LogP contribution >= 0.6 is 11.3 Å². The number of rotatable bonds is 3. The van der Waals surface area contributed by atoms with Crippen molar-refractivity contribution in [3.63, 3.8) is 0 Å². The van der Waals surface area contributed by atoms with Gasteiger partial charge in [0.2, 0.25) is 0 Å². The Labute approximate surface area is 125 Å². The molecule has 0 spiro atoms. The average Bonchev–Trinajstić information content (AvgIpc) is 3.12. The molecule has 0 N–H and O–H groups in total. The van der Waals surface area contributed by atoms with Crippen molar-refractivity contribution in [2.75, 3.05) is 32.1 Å². The number of fused-ring (bicyclic) bond motifs is 1. The Balaban J connectivity index is 1.86. The van der Waals surface area contributed by atoms with E-state index in [0.29, 0.717) is 6.04 Å². The molecule has 1 unspecified atom stereocenters. The van der Waals surface area contributed by atoms with Crippen molar-refractivity contribution >= 4 is 33.3 Å². The van der Waals surface area contributed by atoms with Crippen LogP contribution in [0.25, 0.3) is 10.2 Å². The van der Waals surface area contributed by atoms with Crippen molar-refractivity contribution in [2.45, 2.75) is 12.5 Å². The van der Waals surface area contributed by atoms with Gasteiger partial charge >= 0.3 is 5.97 Å². The molecule has 2 aromatic rings. The molecule has 1 aliphatic heterocycles. The number of carbonyl (C=O) groups excluding carboxylic acids is 1. The Bertz CT molecular complexity index is 673. The van der Waals surface area contributed by atoms with Gasteiger partial charge in [-0.3, -0.25) is 0 Å². The van der Waals surface area contributed by atoms with E-state index in [1.807, 2.05) is 12.1 Å². The van der Waals surface area contributed by atoms with Gasteiger partial charge < -0.3 is 9.80 Å². The van der Waals surface area contributed by atoms with Gasteiger partial charge in [-0.15, -0.1) is 11.3 Å². The van der Waals surface area contributed by atoms with Crippen molar-refractivity contribution in [2.24, 2.45) is 0 Å². The third kappa shape index (κ3) is 2.71. The number of nitrogens with zero attached hydrogens (tertiary/aromatic N) is 3. The molecule has 0 aromatic carbocycles. The number of likely N-dealkylation sites (N-methyl/N-ethyl adjacent to an activating group) is 1. The van der Waals surface area contributed by atoms with Gasteiger partial charge in [0.15, 0.2) is 0 Å². The Morgan fingerprint density at radius 1 is 1.52 bits per heavy atom. The fourth-order valence-corrected chi connectivity index (χ4v) is 3.49. The van der Waals surface area contributed by atoms with E-state index in [1.165, 1.54) is 0 Å². The van der Waals surface area contributed by atoms with Gasteiger partial charge in [0, 0.05) is 29.0 Å². The molecular formula is C14H16FN3O2S. The molecule has 0 amide bonds. The number of pyridine rings is 1. The van der Waals surface area contributed by atoms with Crippen LogP contribution in [0.1, 0.15) is 16.1 Å². The second-order valence-electron chi connectivity index (χ2n) is 5.39. The SMILES string of the molecule is CN(C)C1CCN(c2ccc3cc(C(=O)OF)sc3n2)C1. The van der Waals surface area contributed by atoms with Gasteiger partial charge in [-0.2, -0.15) is 0 Å². The Hall–Kier alpha value is -1.73. The second kappa shape index (κ2) is 5.57. The van der Waals surface area contributed by atoms with Crippen molar-refractivity contribution in [3.8, 4) is 0 Å². The highest BCUT2D eigenvalue weighted by atomic mass is 32.1. The molecule has 0 radical (unpaired) electrons. The summed E-state index contributed by atoms with van der Waals surface area (Å²) in [6.45, 7) is 1.91. The lowest BCUT2D eigenvalue weighted by Crippen LogP contribution is -2.31. The van der Waals surface area contributed by atoms with E-state index in [9.17, 15) is 9.32 Å². The van der Waals surface area contributed by atoms with Gasteiger partial charge in [-0.05, 0) is 38.7 Å². The van der Waals surface area contributed by atoms with Crippen molar-refractivity contribution in [1.82, 2.24) is 9.88 Å². The minimum absolute atomic E-state index is 0.227. The number of hydrogen-bond donors (Lipinski definition) is 0. The normalized spacial score (nSPS) is 18.7. The molecule has 0 aliphatic carbocycles. The maximum absolute atomic E-state index is 12.0. The third-order valence-electron chi connectivity index (χ3n) is 3.86. The summed E-state index contributed by atoms with van der Waals surface area (Å²) in [5, 5.41) is 0.826. The van der Waals surface area contributed by atoms with Crippen LogP contribution < -0.4 is 4.90 Å². The molecule has 3 heterocycles. The zero-order chi connectivity index (χ0) is 15.0. The van der Waals surface area contributed by atoms with Crippen LogP contribution in [0.15, 0.2) is 18.2 Å². The van der Waals surface area contributed by atoms with Gasteiger partial charge in [0.25, 0.3) is 0 Å². The van der Waals surface area contributed by atoms with E-state index in [4.69, 9.17) is 0 Å². The van der Waals surface area contributed by atoms with E-state index in [0.717, 1.165) is 46.9 Å². The minimum Gasteiger partial charge on any atom is -0.355 e. The standard InChI is InChI=1S/C14H16FN3O2S/c1-17(2)10-5-6-18(8-10)12-4-3-9-7-11(14(19)20-15)21-13(9)16-12/h3-4,7,10H,5-6,8H2,1-2H3. The van der Waals surface area contributed by atoms with Crippen LogP contribution in [0, 0.1) is 0 Å². The Kier molecular flexibility index (Phi) is 3.77. The molecule has 1 atom stereocenters. The highest BCUT2D eigenvalue weighted by Crippen LogP contribution is 2.28. The summed E-state index contributed by atoms with van der Waals surface area (Å²) in [6, 6.07) is 5.98. The lowest BCUT2D eigenvalue weighted by atomic mass is 10.2. The number of thiophene rings is 1. The molecule has 3 rings (SSSR count). The lowest BCUT2D eigenvalue weighted by molar-refractivity contribution is -0.0783. The number of hydrogen-bond acceptors (Lipinski definition) is 6. The molecular weight excluding hydrogens is 293 g/mol. The molecule has 5 nitrogen and oxygen atoms in total. The molecule has 1 saturated heterocycles. The summed E-state index contributed by atoms with van der Waals surface area (Å²) in [6.07, 6.45) is 1.11. The first-order valence-corrected chi connectivity index (χ1v) is 7.55. The zero-order valence-corrected chi connectivity index (χ0v) is 12.7. The number of halogens is 1. The van der Waals surface area contributed by atoms with Gasteiger partial charge in [-0.1, -0.05) is 0 Å². The van der Waals surface area contributed by atoms with Gasteiger partial charge in [-0.25, -0.2) is 14.7 Å². The largest absolute Gasteiger partial charge is 0.389 e. The fraction of sp³-hybridized carbons (Fsp3) is 0.429. The van der Waals surface area contributed by atoms with Crippen LogP contribution in [0.3, 0.4) is 0 Å². The summed E-state index contributed by atoms with van der Waals surface area (Å²) < 4.78 is 12.0. The van der Waals surface area contributed by atoms with Crippen molar-refractivity contribution in [3.05, 3.63) is 23.1 Å². The maximum atomic E-state index is 12.0. The highest BCUT2D eigenvalue weighted by Gasteiger charge is 2.25. The number of carbonyl (C=O) groups is 1. The average molecular weight is 309 g/mol. The molecule has 0 saturated carbocycles. The molecule has 1 aliphatic rings. The zero-order valence-electron chi connectivity index (χ0n) is 11.9. The monoisotopic (exact) mass is 309 g/mol. The molecule has 112 valence electrons. The van der Waals surface area contributed by atoms with Crippen molar-refractivity contribution in [1.29, 1.82) is 0 Å². The Morgan fingerprint density at radius 2 is 2.33 bits per heavy atom. The van der Waals surface area contributed by atoms with E-state index in [1.54, 1.807) is 6.07 Å². The second-order valence-corrected chi connectivity index (χ2v) is 6.42. The highest BCUT2D eigenvalue weighted by molar-refractivity contribution is 7.20. The first-order valence-electron chi connectivity index (χ1n) is 6.73. The molecule has 1 fully saturated rings. The number of aromatic nitrogens is 1. The smallest absolute Gasteiger partial charge is 0.355 e. The molecule has 7 heteroatoms. The summed E-state index contributed by atoms with van der Waals surface area (Å²) >= 11 is 1.15. The summed E-state index contributed by atoms with van der Waals surface area (Å²) in [5.74, 6) is -0.0674. The maximum Gasteiger partial charge on any atom is 0.389 e. The fourth-order valence-electron chi connectivity index (χ4n) is 2.59. The van der Waals surface area contributed by atoms with Crippen LogP contribution in [-0.2, 0) is 4.94 Å². The number of anilines is 1. The molecule has 21 heavy (non-hydrogen) atoms. The first-order chi connectivity index (χ1) is 10.1. The Morgan fingerprint density at radius 3 is 3.00 bits per heavy atom. The lowest BCUT2D eigenvalue weighted by Gasteiger charge is -2.21. The van der Waals surface area contributed by atoms with E-state index >= 15 is 0 Å². The van der Waals surface area contributed by atoms with Gasteiger partial charge in [0.1, 0.15) is 15.5 Å². The van der Waals surface area contributed by atoms with Crippen LogP contribution in [-0.4, -0.2) is 49.1 Å². The molecule has 0 bridgehead atoms. The predicted molar refractivity (Wildman–Crippen MR) is 80.4 cm³/mol. The molecule has 2 aromatic heterocycles. The predicted octanol–water partition coefficient (Wildman–Crippen LogP) is 2.48. The van der Waals surface area contributed by atoms with Gasteiger partial charge in [0.05, 0.1) is 0 Å².